The largest absolute Gasteiger partial charge is 0.383 e. The summed E-state index contributed by atoms with van der Waals surface area (Å²) < 4.78 is 7.06. The van der Waals surface area contributed by atoms with Crippen molar-refractivity contribution in [2.75, 3.05) is 20.3 Å². The zero-order chi connectivity index (χ0) is 15.2. The normalized spacial score (nSPS) is 13.9. The van der Waals surface area contributed by atoms with Crippen LogP contribution in [-0.4, -0.2) is 24.8 Å². The first-order valence-corrected chi connectivity index (χ1v) is 8.07. The van der Waals surface area contributed by atoms with Gasteiger partial charge in [-0.25, -0.2) is 0 Å². The summed E-state index contributed by atoms with van der Waals surface area (Å²) in [6.07, 6.45) is 4.41. The summed E-state index contributed by atoms with van der Waals surface area (Å²) >= 11 is 0. The highest BCUT2D eigenvalue weighted by molar-refractivity contribution is 5.30. The van der Waals surface area contributed by atoms with Crippen molar-refractivity contribution in [3.05, 3.63) is 33.2 Å². The minimum absolute atomic E-state index is 0.196. The molecule has 1 aromatic rings. The van der Waals surface area contributed by atoms with Crippen LogP contribution < -0.4 is 10.9 Å². The predicted octanol–water partition coefficient (Wildman–Crippen LogP) is 2.12. The Labute approximate surface area is 127 Å². The van der Waals surface area contributed by atoms with Crippen LogP contribution in [0.3, 0.4) is 0 Å². The van der Waals surface area contributed by atoms with Crippen molar-refractivity contribution < 1.29 is 4.74 Å². The molecule has 1 aromatic heterocycles. The second kappa shape index (κ2) is 7.76. The van der Waals surface area contributed by atoms with Crippen LogP contribution in [0.5, 0.6) is 0 Å². The lowest BCUT2D eigenvalue weighted by Crippen LogP contribution is -2.31. The molecule has 1 aliphatic carbocycles. The molecule has 1 aliphatic rings. The van der Waals surface area contributed by atoms with Crippen molar-refractivity contribution in [3.8, 4) is 0 Å². The number of aromatic nitrogens is 1. The van der Waals surface area contributed by atoms with E-state index in [4.69, 9.17) is 4.74 Å². The van der Waals surface area contributed by atoms with E-state index in [1.54, 1.807) is 7.11 Å². The first kappa shape index (κ1) is 16.2. The third kappa shape index (κ3) is 4.17. The minimum Gasteiger partial charge on any atom is -0.383 e. The van der Waals surface area contributed by atoms with Crippen molar-refractivity contribution >= 4 is 0 Å². The summed E-state index contributed by atoms with van der Waals surface area (Å²) in [6.45, 7) is 7.36. The fourth-order valence-corrected chi connectivity index (χ4v) is 2.93. The molecule has 1 N–H and O–H groups in total. The zero-order valence-corrected chi connectivity index (χ0v) is 13.6. The van der Waals surface area contributed by atoms with E-state index in [1.165, 1.54) is 17.7 Å². The fourth-order valence-electron chi connectivity index (χ4n) is 2.93. The maximum atomic E-state index is 12.7. The van der Waals surface area contributed by atoms with Gasteiger partial charge in [0.25, 0.3) is 5.56 Å². The van der Waals surface area contributed by atoms with Crippen molar-refractivity contribution in [1.82, 2.24) is 9.88 Å². The van der Waals surface area contributed by atoms with Gasteiger partial charge in [-0.15, -0.1) is 0 Å². The van der Waals surface area contributed by atoms with E-state index in [1.807, 2.05) is 4.57 Å². The van der Waals surface area contributed by atoms with E-state index in [-0.39, 0.29) is 5.56 Å². The van der Waals surface area contributed by atoms with Crippen molar-refractivity contribution in [2.45, 2.75) is 52.6 Å². The third-order valence-corrected chi connectivity index (χ3v) is 4.15. The van der Waals surface area contributed by atoms with Crippen molar-refractivity contribution in [3.63, 3.8) is 0 Å². The molecular formula is C17H28N2O2. The summed E-state index contributed by atoms with van der Waals surface area (Å²) in [5.74, 6) is 0.623. The lowest BCUT2D eigenvalue weighted by molar-refractivity contribution is 0.199. The van der Waals surface area contributed by atoms with Gasteiger partial charge in [0.05, 0.1) is 6.61 Å². The number of hydrogen-bond acceptors (Lipinski definition) is 3. The van der Waals surface area contributed by atoms with E-state index in [2.05, 4.69) is 25.2 Å². The van der Waals surface area contributed by atoms with Gasteiger partial charge in [0, 0.05) is 38.0 Å². The number of ether oxygens (including phenoxy) is 1. The summed E-state index contributed by atoms with van der Waals surface area (Å²) in [5, 5.41) is 3.29. The van der Waals surface area contributed by atoms with Gasteiger partial charge < -0.3 is 14.6 Å². The Hall–Kier alpha value is -1.13. The molecule has 0 saturated heterocycles. The van der Waals surface area contributed by atoms with Crippen LogP contribution in [0.15, 0.2) is 10.9 Å². The molecule has 0 amide bonds. The van der Waals surface area contributed by atoms with Gasteiger partial charge >= 0.3 is 0 Å². The quantitative estimate of drug-likeness (QED) is 0.746. The Kier molecular flexibility index (Phi) is 6.00. The first-order valence-electron chi connectivity index (χ1n) is 8.07. The molecule has 21 heavy (non-hydrogen) atoms. The first-order chi connectivity index (χ1) is 10.1. The van der Waals surface area contributed by atoms with Gasteiger partial charge in [0.15, 0.2) is 0 Å². The maximum Gasteiger partial charge on any atom is 0.255 e. The molecule has 2 rings (SSSR count). The van der Waals surface area contributed by atoms with Gasteiger partial charge in [-0.1, -0.05) is 13.8 Å². The molecule has 4 heteroatoms. The van der Waals surface area contributed by atoms with Crippen LogP contribution in [-0.2, 0) is 30.7 Å². The van der Waals surface area contributed by atoms with Crippen LogP contribution in [0, 0.1) is 5.92 Å². The SMILES string of the molecule is COCCNCc1cc2c(n(CCC(C)C)c1=O)CCC2. The van der Waals surface area contributed by atoms with Crippen molar-refractivity contribution in [1.29, 1.82) is 0 Å². The molecule has 0 fully saturated rings. The summed E-state index contributed by atoms with van der Waals surface area (Å²) in [5.41, 5.74) is 3.75. The average molecular weight is 292 g/mol. The molecule has 0 spiro atoms. The molecule has 0 atom stereocenters. The number of fused-ring (bicyclic) bond motifs is 1. The number of aryl methyl sites for hydroxylation is 1. The highest BCUT2D eigenvalue weighted by atomic mass is 16.5. The van der Waals surface area contributed by atoms with E-state index < -0.39 is 0 Å². The number of hydrogen-bond donors (Lipinski definition) is 1. The molecule has 4 nitrogen and oxygen atoms in total. The smallest absolute Gasteiger partial charge is 0.255 e. The van der Waals surface area contributed by atoms with Gasteiger partial charge in [-0.3, -0.25) is 4.79 Å². The molecule has 0 aromatic carbocycles. The standard InChI is InChI=1S/C17H28N2O2/c1-13(2)7-9-19-16-6-4-5-14(16)11-15(17(19)20)12-18-8-10-21-3/h11,13,18H,4-10,12H2,1-3H3. The zero-order valence-electron chi connectivity index (χ0n) is 13.6. The molecular weight excluding hydrogens is 264 g/mol. The van der Waals surface area contributed by atoms with Gasteiger partial charge in [-0.2, -0.15) is 0 Å². The second-order valence-corrected chi connectivity index (χ2v) is 6.30. The monoisotopic (exact) mass is 292 g/mol. The van der Waals surface area contributed by atoms with E-state index in [0.717, 1.165) is 37.9 Å². The maximum absolute atomic E-state index is 12.7. The number of rotatable bonds is 8. The Morgan fingerprint density at radius 2 is 2.19 bits per heavy atom. The Balaban J connectivity index is 2.18. The molecule has 0 saturated carbocycles. The molecule has 0 radical (unpaired) electrons. The Morgan fingerprint density at radius 3 is 2.90 bits per heavy atom. The molecule has 0 aliphatic heterocycles. The summed E-state index contributed by atoms with van der Waals surface area (Å²) in [7, 11) is 1.69. The highest BCUT2D eigenvalue weighted by Crippen LogP contribution is 2.22. The molecule has 0 unspecified atom stereocenters. The Bertz CT molecular complexity index is 520. The number of nitrogens with one attached hydrogen (secondary N) is 1. The molecule has 0 bridgehead atoms. The average Bonchev–Trinajstić information content (AvgIpc) is 2.90. The van der Waals surface area contributed by atoms with Crippen LogP contribution in [0.2, 0.25) is 0 Å². The molecule has 118 valence electrons. The summed E-state index contributed by atoms with van der Waals surface area (Å²) in [4.78, 5) is 12.7. The number of pyridine rings is 1. The van der Waals surface area contributed by atoms with Gasteiger partial charge in [-0.05, 0) is 43.2 Å². The Morgan fingerprint density at radius 1 is 1.38 bits per heavy atom. The molecule has 1 heterocycles. The van der Waals surface area contributed by atoms with Crippen LogP contribution >= 0.6 is 0 Å². The van der Waals surface area contributed by atoms with Gasteiger partial charge in [0.1, 0.15) is 0 Å². The lowest BCUT2D eigenvalue weighted by Gasteiger charge is -2.16. The van der Waals surface area contributed by atoms with Crippen LogP contribution in [0.4, 0.5) is 0 Å². The van der Waals surface area contributed by atoms with E-state index >= 15 is 0 Å². The lowest BCUT2D eigenvalue weighted by atomic mass is 10.1. The topological polar surface area (TPSA) is 43.3 Å². The minimum atomic E-state index is 0.196. The third-order valence-electron chi connectivity index (χ3n) is 4.15. The second-order valence-electron chi connectivity index (χ2n) is 6.30. The van der Waals surface area contributed by atoms with E-state index in [9.17, 15) is 4.79 Å². The number of methoxy groups -OCH3 is 1. The fraction of sp³-hybridized carbons (Fsp3) is 0.706. The summed E-state index contributed by atoms with van der Waals surface area (Å²) in [6, 6.07) is 2.12. The highest BCUT2D eigenvalue weighted by Gasteiger charge is 2.18. The van der Waals surface area contributed by atoms with Gasteiger partial charge in [0.2, 0.25) is 0 Å². The predicted molar refractivity (Wildman–Crippen MR) is 85.8 cm³/mol. The van der Waals surface area contributed by atoms with Crippen LogP contribution in [0.1, 0.15) is 43.5 Å². The van der Waals surface area contributed by atoms with Crippen LogP contribution in [0.25, 0.3) is 0 Å². The number of nitrogens with zero attached hydrogens (tertiary/aromatic N) is 1. The van der Waals surface area contributed by atoms with E-state index in [0.29, 0.717) is 19.1 Å². The van der Waals surface area contributed by atoms with Crippen molar-refractivity contribution in [2.24, 2.45) is 5.92 Å².